The highest BCUT2D eigenvalue weighted by atomic mass is 16.5. The minimum Gasteiger partial charge on any atom is -0.504 e. The van der Waals surface area contributed by atoms with Crippen molar-refractivity contribution >= 4 is 11.8 Å². The smallest absolute Gasteiger partial charge is 0.315 e. The average Bonchev–Trinajstić information content (AvgIpc) is 2.86. The van der Waals surface area contributed by atoms with E-state index in [0.717, 1.165) is 17.0 Å². The predicted molar refractivity (Wildman–Crippen MR) is 136 cm³/mol. The molecule has 0 aromatic heterocycles. The Morgan fingerprint density at radius 3 is 2.42 bits per heavy atom. The van der Waals surface area contributed by atoms with Gasteiger partial charge < -0.3 is 24.6 Å². The van der Waals surface area contributed by atoms with Crippen LogP contribution in [-0.2, 0) is 14.3 Å². The lowest BCUT2D eigenvalue weighted by molar-refractivity contribution is -0.149. The van der Waals surface area contributed by atoms with Crippen LogP contribution >= 0.6 is 0 Å². The number of phenolic OH excluding ortho intramolecular Hbond substituents is 1. The number of Topliss-reactive ketones (excluding diaryl/α,β-unsaturated/α-hetero) is 1. The van der Waals surface area contributed by atoms with E-state index < -0.39 is 17.8 Å². The number of esters is 1. The van der Waals surface area contributed by atoms with Gasteiger partial charge in [0.25, 0.3) is 0 Å². The van der Waals surface area contributed by atoms with E-state index in [9.17, 15) is 14.7 Å². The van der Waals surface area contributed by atoms with Crippen molar-refractivity contribution in [2.45, 2.75) is 38.5 Å². The second-order valence-electron chi connectivity index (χ2n) is 9.75. The summed E-state index contributed by atoms with van der Waals surface area (Å²) in [4.78, 5) is 27.0. The van der Waals surface area contributed by atoms with Crippen molar-refractivity contribution in [1.82, 2.24) is 5.32 Å². The van der Waals surface area contributed by atoms with Gasteiger partial charge in [-0.25, -0.2) is 0 Å². The van der Waals surface area contributed by atoms with Gasteiger partial charge in [-0.15, -0.1) is 0 Å². The molecule has 2 aliphatic rings. The lowest BCUT2D eigenvalue weighted by atomic mass is 9.69. The van der Waals surface area contributed by atoms with E-state index in [0.29, 0.717) is 29.7 Å². The van der Waals surface area contributed by atoms with Crippen molar-refractivity contribution in [1.29, 1.82) is 0 Å². The second kappa shape index (κ2) is 10.5. The molecule has 190 valence electrons. The third kappa shape index (κ3) is 4.96. The van der Waals surface area contributed by atoms with Gasteiger partial charge >= 0.3 is 5.97 Å². The van der Waals surface area contributed by atoms with Crippen molar-refractivity contribution in [3.63, 3.8) is 0 Å². The molecule has 1 aliphatic heterocycles. The van der Waals surface area contributed by atoms with Crippen molar-refractivity contribution in [2.75, 3.05) is 20.8 Å². The topological polar surface area (TPSA) is 94.1 Å². The van der Waals surface area contributed by atoms with E-state index in [2.05, 4.69) is 11.9 Å². The lowest BCUT2D eigenvalue weighted by Crippen LogP contribution is -2.42. The Kier molecular flexibility index (Phi) is 7.38. The first-order valence-corrected chi connectivity index (χ1v) is 12.1. The van der Waals surface area contributed by atoms with Crippen LogP contribution in [0.15, 0.2) is 66.0 Å². The van der Waals surface area contributed by atoms with Crippen LogP contribution in [0, 0.1) is 11.8 Å². The molecule has 0 bridgehead atoms. The van der Waals surface area contributed by atoms with Crippen LogP contribution in [0.1, 0.15) is 49.7 Å². The van der Waals surface area contributed by atoms with Crippen LogP contribution in [0.4, 0.5) is 0 Å². The molecule has 1 heterocycles. The minimum absolute atomic E-state index is 0.0121. The van der Waals surface area contributed by atoms with E-state index in [1.165, 1.54) is 13.2 Å². The molecule has 7 nitrogen and oxygen atoms in total. The van der Waals surface area contributed by atoms with Gasteiger partial charge in [0, 0.05) is 29.3 Å². The molecule has 2 aromatic rings. The number of benzene rings is 2. The number of carbonyl (C=O) groups is 2. The fourth-order valence-corrected chi connectivity index (χ4v) is 5.02. The Labute approximate surface area is 211 Å². The Morgan fingerprint density at radius 2 is 1.78 bits per heavy atom. The maximum Gasteiger partial charge on any atom is 0.315 e. The number of methoxy groups -OCH3 is 2. The number of carbonyl (C=O) groups excluding carboxylic acids is 2. The molecule has 1 aliphatic carbocycles. The normalized spacial score (nSPS) is 21.6. The van der Waals surface area contributed by atoms with Crippen LogP contribution in [0.2, 0.25) is 0 Å². The highest BCUT2D eigenvalue weighted by molar-refractivity contribution is 6.01. The van der Waals surface area contributed by atoms with E-state index in [4.69, 9.17) is 14.2 Å². The fraction of sp³-hybridized carbons (Fsp3) is 0.379. The number of hydrogen-bond acceptors (Lipinski definition) is 7. The van der Waals surface area contributed by atoms with Crippen LogP contribution in [0.5, 0.6) is 17.2 Å². The summed E-state index contributed by atoms with van der Waals surface area (Å²) in [6, 6.07) is 12.7. The lowest BCUT2D eigenvalue weighted by Gasteiger charge is -2.40. The summed E-state index contributed by atoms with van der Waals surface area (Å²) in [6.45, 7) is 8.37. The summed E-state index contributed by atoms with van der Waals surface area (Å²) in [5.41, 5.74) is 3.54. The number of aromatic hydroxyl groups is 1. The van der Waals surface area contributed by atoms with Crippen LogP contribution in [0.25, 0.3) is 0 Å². The predicted octanol–water partition coefficient (Wildman–Crippen LogP) is 4.83. The number of allylic oxidation sites excluding steroid dienone is 2. The molecular formula is C29H33NO6. The Hall–Kier alpha value is -3.74. The molecule has 4 rings (SSSR count). The summed E-state index contributed by atoms with van der Waals surface area (Å²) in [5.74, 6) is -0.696. The first-order chi connectivity index (χ1) is 17.2. The quantitative estimate of drug-likeness (QED) is 0.536. The fourth-order valence-electron chi connectivity index (χ4n) is 5.02. The zero-order valence-corrected chi connectivity index (χ0v) is 21.2. The van der Waals surface area contributed by atoms with Crippen LogP contribution < -0.4 is 14.8 Å². The summed E-state index contributed by atoms with van der Waals surface area (Å²) < 4.78 is 16.2. The van der Waals surface area contributed by atoms with Crippen molar-refractivity contribution in [3.05, 3.63) is 77.1 Å². The highest BCUT2D eigenvalue weighted by Gasteiger charge is 2.45. The summed E-state index contributed by atoms with van der Waals surface area (Å²) in [5, 5.41) is 13.4. The Bertz CT molecular complexity index is 1200. The molecule has 0 fully saturated rings. The second-order valence-corrected chi connectivity index (χ2v) is 9.75. The largest absolute Gasteiger partial charge is 0.504 e. The maximum absolute atomic E-state index is 13.7. The van der Waals surface area contributed by atoms with E-state index >= 15 is 0 Å². The molecule has 0 saturated carbocycles. The Morgan fingerprint density at radius 1 is 1.08 bits per heavy atom. The zero-order valence-electron chi connectivity index (χ0n) is 21.2. The first-order valence-electron chi connectivity index (χ1n) is 12.1. The third-order valence-electron chi connectivity index (χ3n) is 6.80. The molecule has 7 heteroatoms. The number of ketones is 1. The molecule has 3 unspecified atom stereocenters. The van der Waals surface area contributed by atoms with E-state index in [1.54, 1.807) is 19.2 Å². The van der Waals surface area contributed by atoms with Crippen molar-refractivity contribution in [2.24, 2.45) is 11.8 Å². The number of hydrogen-bond donors (Lipinski definition) is 2. The van der Waals surface area contributed by atoms with Crippen LogP contribution in [-0.4, -0.2) is 37.7 Å². The number of nitrogens with one attached hydrogen (secondary N) is 1. The van der Waals surface area contributed by atoms with Gasteiger partial charge in [0.1, 0.15) is 11.7 Å². The molecule has 2 aromatic carbocycles. The van der Waals surface area contributed by atoms with Crippen LogP contribution in [0.3, 0.4) is 0 Å². The summed E-state index contributed by atoms with van der Waals surface area (Å²) in [6.07, 6.45) is 0.921. The van der Waals surface area contributed by atoms with Gasteiger partial charge in [0.15, 0.2) is 17.3 Å². The SMILES string of the molecule is C=C1NC2=C(C(=O)CC(c3ccc(OC)cc3)C2)C(c2ccc(O)c(OC)c2)C1C(=O)OCC(C)C. The molecule has 3 atom stereocenters. The van der Waals surface area contributed by atoms with Crippen molar-refractivity contribution in [3.8, 4) is 17.2 Å². The molecule has 0 spiro atoms. The first kappa shape index (κ1) is 25.4. The standard InChI is InChI=1S/C29H33NO6/c1-16(2)15-36-29(33)26-17(3)30-22-12-20(18-6-9-21(34-4)10-7-18)13-24(32)28(22)27(26)19-8-11-23(31)25(14-19)35-5/h6-11,14,16,20,26-27,30-31H,3,12-13,15H2,1-2,4-5H3. The maximum atomic E-state index is 13.7. The monoisotopic (exact) mass is 491 g/mol. The molecular weight excluding hydrogens is 458 g/mol. The molecule has 0 saturated heterocycles. The molecule has 0 amide bonds. The Balaban J connectivity index is 1.77. The van der Waals surface area contributed by atoms with Gasteiger partial charge in [-0.05, 0) is 53.6 Å². The van der Waals surface area contributed by atoms with Crippen molar-refractivity contribution < 1.29 is 28.9 Å². The van der Waals surface area contributed by atoms with Gasteiger partial charge in [0.05, 0.1) is 20.8 Å². The summed E-state index contributed by atoms with van der Waals surface area (Å²) in [7, 11) is 3.08. The average molecular weight is 492 g/mol. The number of rotatable bonds is 7. The number of phenols is 1. The highest BCUT2D eigenvalue weighted by Crippen LogP contribution is 2.48. The molecule has 2 N–H and O–H groups in total. The molecule has 36 heavy (non-hydrogen) atoms. The van der Waals surface area contributed by atoms with Gasteiger partial charge in [-0.1, -0.05) is 38.6 Å². The van der Waals surface area contributed by atoms with Gasteiger partial charge in [-0.3, -0.25) is 9.59 Å². The molecule has 0 radical (unpaired) electrons. The third-order valence-corrected chi connectivity index (χ3v) is 6.80. The van der Waals surface area contributed by atoms with Gasteiger partial charge in [0.2, 0.25) is 0 Å². The van der Waals surface area contributed by atoms with E-state index in [-0.39, 0.29) is 35.7 Å². The number of ether oxygens (including phenoxy) is 3. The van der Waals surface area contributed by atoms with E-state index in [1.807, 2.05) is 38.1 Å². The summed E-state index contributed by atoms with van der Waals surface area (Å²) >= 11 is 0. The zero-order chi connectivity index (χ0) is 26.0. The van der Waals surface area contributed by atoms with Gasteiger partial charge in [-0.2, -0.15) is 0 Å². The minimum atomic E-state index is -0.793.